The van der Waals surface area contributed by atoms with Gasteiger partial charge in [-0.2, -0.15) is 25.4 Å². The number of aromatic nitrogens is 7. The van der Waals surface area contributed by atoms with Gasteiger partial charge in [0.15, 0.2) is 28.9 Å². The van der Waals surface area contributed by atoms with Gasteiger partial charge in [0.05, 0.1) is 19.1 Å². The highest BCUT2D eigenvalue weighted by Gasteiger charge is 2.44. The number of nitrogens with one attached hydrogen (secondary N) is 3. The van der Waals surface area contributed by atoms with Crippen LogP contribution in [0.1, 0.15) is 42.4 Å². The van der Waals surface area contributed by atoms with Gasteiger partial charge in [-0.1, -0.05) is 12.8 Å². The molecule has 170 valence electrons. The summed E-state index contributed by atoms with van der Waals surface area (Å²) in [6, 6.07) is 0.214. The molecule has 32 heavy (non-hydrogen) atoms. The van der Waals surface area contributed by atoms with Crippen molar-refractivity contribution in [2.24, 2.45) is 0 Å². The van der Waals surface area contributed by atoms with Crippen molar-refractivity contribution in [3.63, 3.8) is 0 Å². The minimum Gasteiger partial charge on any atom is -0.394 e. The molecular weight excluding hydrogens is 422 g/mol. The van der Waals surface area contributed by atoms with E-state index in [2.05, 4.69) is 41.0 Å². The average Bonchev–Trinajstić information content (AvgIpc) is 3.57. The second kappa shape index (κ2) is 8.38. The molecule has 4 atom stereocenters. The number of aromatic amines is 1. The summed E-state index contributed by atoms with van der Waals surface area (Å²) in [7, 11) is 0. The van der Waals surface area contributed by atoms with Gasteiger partial charge in [-0.15, -0.1) is 0 Å². The van der Waals surface area contributed by atoms with Crippen molar-refractivity contribution in [2.75, 3.05) is 17.2 Å². The Labute approximate surface area is 181 Å². The molecule has 3 aromatic heterocycles. The van der Waals surface area contributed by atoms with Crippen molar-refractivity contribution in [1.29, 1.82) is 0 Å². The molecule has 2 fully saturated rings. The van der Waals surface area contributed by atoms with E-state index >= 15 is 0 Å². The molecule has 0 radical (unpaired) electrons. The fraction of sp³-hybridized carbons (Fsp3) is 0.556. The molecule has 1 aliphatic heterocycles. The molecule has 4 heterocycles. The van der Waals surface area contributed by atoms with Crippen molar-refractivity contribution < 1.29 is 24.9 Å². The molecule has 1 amide bonds. The number of ether oxygens (including phenoxy) is 1. The number of fused-ring (bicyclic) bond motifs is 1. The van der Waals surface area contributed by atoms with Crippen LogP contribution in [0.4, 0.5) is 11.8 Å². The van der Waals surface area contributed by atoms with Gasteiger partial charge in [0.1, 0.15) is 18.3 Å². The Balaban J connectivity index is 1.53. The van der Waals surface area contributed by atoms with E-state index in [1.807, 2.05) is 0 Å². The molecule has 5 rings (SSSR count). The maximum atomic E-state index is 12.4. The molecule has 2 aliphatic rings. The Morgan fingerprint density at radius 1 is 1.25 bits per heavy atom. The molecule has 0 spiro atoms. The summed E-state index contributed by atoms with van der Waals surface area (Å²) in [4.78, 5) is 25.7. The van der Waals surface area contributed by atoms with Crippen LogP contribution in [0.3, 0.4) is 0 Å². The van der Waals surface area contributed by atoms with Crippen LogP contribution in [0, 0.1) is 0 Å². The van der Waals surface area contributed by atoms with E-state index in [-0.39, 0.29) is 23.3 Å². The summed E-state index contributed by atoms with van der Waals surface area (Å²) in [6.07, 6.45) is 2.33. The van der Waals surface area contributed by atoms with Gasteiger partial charge in [-0.05, 0) is 12.8 Å². The van der Waals surface area contributed by atoms with E-state index < -0.39 is 37.1 Å². The third kappa shape index (κ3) is 3.66. The number of anilines is 2. The van der Waals surface area contributed by atoms with Gasteiger partial charge in [-0.3, -0.25) is 14.7 Å². The van der Waals surface area contributed by atoms with E-state index in [1.54, 1.807) is 0 Å². The van der Waals surface area contributed by atoms with E-state index in [9.17, 15) is 20.1 Å². The number of aliphatic hydroxyl groups is 3. The lowest BCUT2D eigenvalue weighted by Gasteiger charge is -2.18. The predicted octanol–water partition coefficient (Wildman–Crippen LogP) is -0.837. The average molecular weight is 445 g/mol. The smallest absolute Gasteiger partial charge is 0.280 e. The quantitative estimate of drug-likeness (QED) is 0.277. The van der Waals surface area contributed by atoms with Crippen LogP contribution in [0.25, 0.3) is 11.2 Å². The number of carbonyl (C=O) groups is 1. The summed E-state index contributed by atoms with van der Waals surface area (Å²) in [5.74, 6) is -0.119. The Morgan fingerprint density at radius 2 is 2.06 bits per heavy atom. The minimum absolute atomic E-state index is 0.000472. The van der Waals surface area contributed by atoms with Crippen LogP contribution < -0.4 is 10.6 Å². The zero-order valence-electron chi connectivity index (χ0n) is 16.9. The lowest BCUT2D eigenvalue weighted by molar-refractivity contribution is -0.0511. The van der Waals surface area contributed by atoms with Crippen LogP contribution in [0.15, 0.2) is 12.5 Å². The molecule has 3 aromatic rings. The first kappa shape index (κ1) is 20.7. The second-order valence-electron chi connectivity index (χ2n) is 7.88. The first-order valence-electron chi connectivity index (χ1n) is 10.4. The van der Waals surface area contributed by atoms with Crippen molar-refractivity contribution in [1.82, 2.24) is 34.9 Å². The van der Waals surface area contributed by atoms with E-state index in [0.717, 1.165) is 25.7 Å². The van der Waals surface area contributed by atoms with Crippen LogP contribution in [-0.2, 0) is 4.74 Å². The monoisotopic (exact) mass is 445 g/mol. The molecule has 1 unspecified atom stereocenters. The Morgan fingerprint density at radius 3 is 2.75 bits per heavy atom. The number of hydrogen-bond donors (Lipinski definition) is 6. The SMILES string of the molecule is O=C(Nc1nc(NC2CCCC2)c2ncn(C3O[C@H](CO)[C@@H](O)[C@H]3O)c2n1)c1cn[nH]n1. The number of hydrogen-bond acceptors (Lipinski definition) is 11. The third-order valence-electron chi connectivity index (χ3n) is 5.78. The van der Waals surface area contributed by atoms with Gasteiger partial charge in [0.25, 0.3) is 5.91 Å². The predicted molar refractivity (Wildman–Crippen MR) is 109 cm³/mol. The van der Waals surface area contributed by atoms with Gasteiger partial charge in [0, 0.05) is 6.04 Å². The van der Waals surface area contributed by atoms with Crippen molar-refractivity contribution in [3.05, 3.63) is 18.2 Å². The largest absolute Gasteiger partial charge is 0.394 e. The number of carbonyl (C=O) groups excluding carboxylic acids is 1. The van der Waals surface area contributed by atoms with Gasteiger partial charge in [-0.25, -0.2) is 4.98 Å². The summed E-state index contributed by atoms with van der Waals surface area (Å²) in [5, 5.41) is 45.7. The normalized spacial score (nSPS) is 26.1. The standard InChI is InChI=1S/C18H23N9O5/c28-6-10-12(29)13(30)17(32-10)27-7-19-11-14(21-8-3-1-2-4-8)22-18(23-15(11)27)24-16(31)9-5-20-26-25-9/h5,7-8,10,12-13,17,28-30H,1-4,6H2,(H,20,25,26)(H2,21,22,23,24,31)/t10-,12-,13-,17?/m1/s1. The van der Waals surface area contributed by atoms with E-state index in [4.69, 9.17) is 4.74 Å². The van der Waals surface area contributed by atoms with Gasteiger partial charge < -0.3 is 25.4 Å². The zero-order valence-corrected chi connectivity index (χ0v) is 16.9. The van der Waals surface area contributed by atoms with Crippen molar-refractivity contribution >= 4 is 28.8 Å². The summed E-state index contributed by atoms with van der Waals surface area (Å²) in [5.41, 5.74) is 0.774. The fourth-order valence-corrected chi connectivity index (χ4v) is 4.11. The first-order valence-corrected chi connectivity index (χ1v) is 10.4. The number of rotatable bonds is 6. The second-order valence-corrected chi connectivity index (χ2v) is 7.88. The molecule has 14 heteroatoms. The summed E-state index contributed by atoms with van der Waals surface area (Å²) < 4.78 is 7.07. The van der Waals surface area contributed by atoms with E-state index in [1.165, 1.54) is 17.1 Å². The molecule has 1 saturated carbocycles. The van der Waals surface area contributed by atoms with Crippen molar-refractivity contribution in [3.8, 4) is 0 Å². The number of nitrogens with zero attached hydrogens (tertiary/aromatic N) is 6. The molecule has 0 aromatic carbocycles. The van der Waals surface area contributed by atoms with Crippen LogP contribution in [-0.4, -0.2) is 87.1 Å². The number of amides is 1. The highest BCUT2D eigenvalue weighted by Crippen LogP contribution is 2.33. The molecular formula is C18H23N9O5. The molecule has 14 nitrogen and oxygen atoms in total. The lowest BCUT2D eigenvalue weighted by atomic mass is 10.1. The maximum absolute atomic E-state index is 12.4. The maximum Gasteiger partial charge on any atom is 0.280 e. The Bertz CT molecular complexity index is 1100. The topological polar surface area (TPSA) is 196 Å². The third-order valence-corrected chi connectivity index (χ3v) is 5.78. The Hall–Kier alpha value is -3.20. The van der Waals surface area contributed by atoms with Crippen molar-refractivity contribution in [2.45, 2.75) is 56.3 Å². The highest BCUT2D eigenvalue weighted by atomic mass is 16.6. The fourth-order valence-electron chi connectivity index (χ4n) is 4.11. The zero-order chi connectivity index (χ0) is 22.2. The van der Waals surface area contributed by atoms with Crippen LogP contribution in [0.2, 0.25) is 0 Å². The molecule has 1 aliphatic carbocycles. The number of imidazole rings is 1. The van der Waals surface area contributed by atoms with E-state index in [0.29, 0.717) is 11.3 Å². The number of aliphatic hydroxyl groups excluding tert-OH is 3. The summed E-state index contributed by atoms with van der Waals surface area (Å²) in [6.45, 7) is -0.455. The van der Waals surface area contributed by atoms with Crippen LogP contribution >= 0.6 is 0 Å². The van der Waals surface area contributed by atoms with Crippen LogP contribution in [0.5, 0.6) is 0 Å². The number of H-pyrrole nitrogens is 1. The minimum atomic E-state index is -1.31. The lowest BCUT2D eigenvalue weighted by Crippen LogP contribution is -2.33. The highest BCUT2D eigenvalue weighted by molar-refractivity contribution is 6.02. The Kier molecular flexibility index (Phi) is 5.42. The van der Waals surface area contributed by atoms with Gasteiger partial charge >= 0.3 is 0 Å². The summed E-state index contributed by atoms with van der Waals surface area (Å²) >= 11 is 0. The first-order chi connectivity index (χ1) is 15.5. The molecule has 0 bridgehead atoms. The van der Waals surface area contributed by atoms with Gasteiger partial charge in [0.2, 0.25) is 5.95 Å². The molecule has 6 N–H and O–H groups in total. The molecule has 1 saturated heterocycles.